The number of hydrogen-bond donors (Lipinski definition) is 1. The predicted molar refractivity (Wildman–Crippen MR) is 67.3 cm³/mol. The van der Waals surface area contributed by atoms with E-state index in [0.29, 0.717) is 19.5 Å². The predicted octanol–water partition coefficient (Wildman–Crippen LogP) is 2.35. The van der Waals surface area contributed by atoms with Crippen LogP contribution in [0.5, 0.6) is 0 Å². The molecule has 0 spiro atoms. The smallest absolute Gasteiger partial charge is 0.410 e. The van der Waals surface area contributed by atoms with E-state index in [-0.39, 0.29) is 12.0 Å². The Morgan fingerprint density at radius 2 is 1.72 bits per heavy atom. The minimum absolute atomic E-state index is 0.253. The molecule has 0 bridgehead atoms. The van der Waals surface area contributed by atoms with E-state index in [1.807, 2.05) is 20.8 Å². The molecule has 0 unspecified atom stereocenters. The van der Waals surface area contributed by atoms with E-state index in [2.05, 4.69) is 0 Å². The van der Waals surface area contributed by atoms with Gasteiger partial charge >= 0.3 is 12.1 Å². The Labute approximate surface area is 108 Å². The Morgan fingerprint density at radius 3 is 2.11 bits per heavy atom. The summed E-state index contributed by atoms with van der Waals surface area (Å²) in [6, 6.07) is 0. The number of rotatable bonds is 3. The highest BCUT2D eigenvalue weighted by Gasteiger charge is 2.39. The molecule has 0 aromatic carbocycles. The average Bonchev–Trinajstić information content (AvgIpc) is 2.06. The number of amides is 1. The molecule has 0 aliphatic carbocycles. The van der Waals surface area contributed by atoms with Crippen molar-refractivity contribution in [2.45, 2.75) is 46.6 Å². The van der Waals surface area contributed by atoms with E-state index >= 15 is 0 Å². The number of carboxylic acids is 1. The number of likely N-dealkylation sites (tertiary alicyclic amines) is 1. The zero-order valence-electron chi connectivity index (χ0n) is 11.8. The molecule has 5 nitrogen and oxygen atoms in total. The second-order valence-electron chi connectivity index (χ2n) is 6.64. The molecule has 1 aliphatic rings. The Balaban J connectivity index is 2.37. The van der Waals surface area contributed by atoms with Gasteiger partial charge in [-0.25, -0.2) is 4.79 Å². The largest absolute Gasteiger partial charge is 0.481 e. The normalized spacial score (nSPS) is 17.3. The van der Waals surface area contributed by atoms with Gasteiger partial charge in [-0.05, 0) is 47.0 Å². The summed E-state index contributed by atoms with van der Waals surface area (Å²) in [6.07, 6.45) is 0.272. The van der Waals surface area contributed by atoms with E-state index < -0.39 is 17.0 Å². The van der Waals surface area contributed by atoms with E-state index in [1.54, 1.807) is 18.7 Å². The fourth-order valence-electron chi connectivity index (χ4n) is 1.98. The molecule has 1 amide bonds. The number of carboxylic acid groups (broad SMARTS) is 1. The van der Waals surface area contributed by atoms with Gasteiger partial charge < -0.3 is 14.7 Å². The molecule has 0 atom stereocenters. The van der Waals surface area contributed by atoms with Crippen molar-refractivity contribution in [1.29, 1.82) is 0 Å². The minimum Gasteiger partial charge on any atom is -0.481 e. The van der Waals surface area contributed by atoms with Gasteiger partial charge in [0.05, 0.1) is 5.41 Å². The van der Waals surface area contributed by atoms with Crippen LogP contribution in [-0.4, -0.2) is 40.8 Å². The van der Waals surface area contributed by atoms with Gasteiger partial charge in [0.25, 0.3) is 0 Å². The van der Waals surface area contributed by atoms with Crippen LogP contribution in [0.3, 0.4) is 0 Å². The van der Waals surface area contributed by atoms with E-state index in [4.69, 9.17) is 9.84 Å². The quantitative estimate of drug-likeness (QED) is 0.842. The van der Waals surface area contributed by atoms with Crippen molar-refractivity contribution in [3.63, 3.8) is 0 Å². The van der Waals surface area contributed by atoms with Crippen LogP contribution in [0.2, 0.25) is 0 Å². The summed E-state index contributed by atoms with van der Waals surface area (Å²) in [6.45, 7) is 10.1. The summed E-state index contributed by atoms with van der Waals surface area (Å²) in [4.78, 5) is 24.3. The number of nitrogens with zero attached hydrogens (tertiary/aromatic N) is 1. The maximum Gasteiger partial charge on any atom is 0.410 e. The lowest BCUT2D eigenvalue weighted by Gasteiger charge is -2.42. The topological polar surface area (TPSA) is 66.8 Å². The molecule has 5 heteroatoms. The second-order valence-corrected chi connectivity index (χ2v) is 6.64. The molecule has 0 aromatic heterocycles. The van der Waals surface area contributed by atoms with Crippen LogP contribution in [0.15, 0.2) is 0 Å². The molecule has 1 rings (SSSR count). The van der Waals surface area contributed by atoms with Gasteiger partial charge in [0.2, 0.25) is 0 Å². The number of ether oxygens (including phenoxy) is 1. The summed E-state index contributed by atoms with van der Waals surface area (Å²) in [7, 11) is 0. The first-order chi connectivity index (χ1) is 8.01. The van der Waals surface area contributed by atoms with Crippen molar-refractivity contribution < 1.29 is 19.4 Å². The van der Waals surface area contributed by atoms with Gasteiger partial charge in [0.15, 0.2) is 0 Å². The molecule has 1 N–H and O–H groups in total. The van der Waals surface area contributed by atoms with Crippen LogP contribution in [0.1, 0.15) is 41.0 Å². The standard InChI is InChI=1S/C13H23NO4/c1-12(2,3)18-11(17)14-7-9(8-14)6-13(4,5)10(15)16/h9H,6-8H2,1-5H3,(H,15,16). The first kappa shape index (κ1) is 14.8. The van der Waals surface area contributed by atoms with Crippen LogP contribution in [-0.2, 0) is 9.53 Å². The van der Waals surface area contributed by atoms with E-state index in [0.717, 1.165) is 0 Å². The lowest BCUT2D eigenvalue weighted by atomic mass is 9.80. The average molecular weight is 257 g/mol. The van der Waals surface area contributed by atoms with Gasteiger partial charge in [-0.2, -0.15) is 0 Å². The lowest BCUT2D eigenvalue weighted by molar-refractivity contribution is -0.148. The Morgan fingerprint density at radius 1 is 1.22 bits per heavy atom. The lowest BCUT2D eigenvalue weighted by Crippen LogP contribution is -2.53. The van der Waals surface area contributed by atoms with E-state index in [9.17, 15) is 9.59 Å². The Kier molecular flexibility index (Phi) is 3.93. The molecule has 1 heterocycles. The van der Waals surface area contributed by atoms with Crippen molar-refractivity contribution >= 4 is 12.1 Å². The zero-order chi connectivity index (χ0) is 14.1. The SMILES string of the molecule is CC(C)(C)OC(=O)N1CC(CC(C)(C)C(=O)O)C1. The summed E-state index contributed by atoms with van der Waals surface area (Å²) in [5, 5.41) is 9.03. The van der Waals surface area contributed by atoms with Gasteiger partial charge in [0, 0.05) is 13.1 Å². The summed E-state index contributed by atoms with van der Waals surface area (Å²) in [5.74, 6) is -0.540. The maximum absolute atomic E-state index is 11.7. The molecule has 104 valence electrons. The van der Waals surface area contributed by atoms with Gasteiger partial charge in [-0.15, -0.1) is 0 Å². The highest BCUT2D eigenvalue weighted by atomic mass is 16.6. The molecule has 0 saturated carbocycles. The molecular weight excluding hydrogens is 234 g/mol. The summed E-state index contributed by atoms with van der Waals surface area (Å²) in [5.41, 5.74) is -1.22. The number of hydrogen-bond acceptors (Lipinski definition) is 3. The van der Waals surface area contributed by atoms with Crippen LogP contribution >= 0.6 is 0 Å². The van der Waals surface area contributed by atoms with Gasteiger partial charge in [-0.3, -0.25) is 4.79 Å². The first-order valence-electron chi connectivity index (χ1n) is 6.22. The third-order valence-electron chi connectivity index (χ3n) is 2.99. The first-order valence-corrected chi connectivity index (χ1v) is 6.22. The van der Waals surface area contributed by atoms with Crippen LogP contribution < -0.4 is 0 Å². The van der Waals surface area contributed by atoms with Crippen LogP contribution in [0.25, 0.3) is 0 Å². The number of aliphatic carboxylic acids is 1. The summed E-state index contributed by atoms with van der Waals surface area (Å²) < 4.78 is 5.24. The van der Waals surface area contributed by atoms with Crippen molar-refractivity contribution in [1.82, 2.24) is 4.90 Å². The highest BCUT2D eigenvalue weighted by molar-refractivity contribution is 5.73. The van der Waals surface area contributed by atoms with Gasteiger partial charge in [0.1, 0.15) is 5.60 Å². The molecule has 1 aliphatic heterocycles. The molecule has 0 aromatic rings. The number of carbonyl (C=O) groups is 2. The number of carbonyl (C=O) groups excluding carboxylic acids is 1. The van der Waals surface area contributed by atoms with Crippen molar-refractivity contribution in [2.75, 3.05) is 13.1 Å². The molecule has 1 fully saturated rings. The van der Waals surface area contributed by atoms with Crippen LogP contribution in [0.4, 0.5) is 4.79 Å². The maximum atomic E-state index is 11.7. The van der Waals surface area contributed by atoms with Crippen molar-refractivity contribution in [3.8, 4) is 0 Å². The fraction of sp³-hybridized carbons (Fsp3) is 0.846. The molecule has 18 heavy (non-hydrogen) atoms. The molecule has 0 radical (unpaired) electrons. The monoisotopic (exact) mass is 257 g/mol. The Bertz CT molecular complexity index is 337. The van der Waals surface area contributed by atoms with Crippen molar-refractivity contribution in [2.24, 2.45) is 11.3 Å². The highest BCUT2D eigenvalue weighted by Crippen LogP contribution is 2.31. The second kappa shape index (κ2) is 4.78. The van der Waals surface area contributed by atoms with Crippen molar-refractivity contribution in [3.05, 3.63) is 0 Å². The Hall–Kier alpha value is -1.26. The fourth-order valence-corrected chi connectivity index (χ4v) is 1.98. The molecule has 1 saturated heterocycles. The zero-order valence-corrected chi connectivity index (χ0v) is 11.8. The van der Waals surface area contributed by atoms with E-state index in [1.165, 1.54) is 0 Å². The van der Waals surface area contributed by atoms with Gasteiger partial charge in [-0.1, -0.05) is 0 Å². The minimum atomic E-state index is -0.793. The summed E-state index contributed by atoms with van der Waals surface area (Å²) >= 11 is 0. The third kappa shape index (κ3) is 3.89. The third-order valence-corrected chi connectivity index (χ3v) is 2.99. The molecular formula is C13H23NO4. The van der Waals surface area contributed by atoms with Crippen LogP contribution in [0, 0.1) is 11.3 Å².